The highest BCUT2D eigenvalue weighted by Gasteiger charge is 2.43. The van der Waals surface area contributed by atoms with E-state index in [1.807, 2.05) is 9.80 Å². The number of rotatable bonds is 5. The maximum Gasteiger partial charge on any atom is 0.319 e. The lowest BCUT2D eigenvalue weighted by Gasteiger charge is -2.50. The molecule has 1 atom stereocenters. The number of ether oxygens (including phenoxy) is 1. The zero-order valence-corrected chi connectivity index (χ0v) is 18.7. The Kier molecular flexibility index (Phi) is 7.62. The Hall–Kier alpha value is -0.850. The molecule has 3 aliphatic rings. The van der Waals surface area contributed by atoms with Crippen LogP contribution in [0.1, 0.15) is 53.4 Å². The van der Waals surface area contributed by atoms with E-state index in [9.17, 15) is 4.79 Å². The third kappa shape index (κ3) is 5.19. The highest BCUT2D eigenvalue weighted by molar-refractivity contribution is 5.74. The molecule has 1 spiro atoms. The fourth-order valence-corrected chi connectivity index (χ4v) is 5.29. The van der Waals surface area contributed by atoms with Gasteiger partial charge in [-0.05, 0) is 45.4 Å². The number of piperazine rings is 1. The van der Waals surface area contributed by atoms with Gasteiger partial charge < -0.3 is 19.4 Å². The lowest BCUT2D eigenvalue weighted by Crippen LogP contribution is -2.58. The first kappa shape index (κ1) is 21.8. The van der Waals surface area contributed by atoms with Crippen molar-refractivity contribution in [3.8, 4) is 0 Å². The number of nitrogens with zero attached hydrogens (tertiary/aromatic N) is 4. The van der Waals surface area contributed by atoms with Gasteiger partial charge in [0.1, 0.15) is 0 Å². The van der Waals surface area contributed by atoms with E-state index in [4.69, 9.17) is 4.74 Å². The molecule has 6 heteroatoms. The summed E-state index contributed by atoms with van der Waals surface area (Å²) >= 11 is 0. The van der Waals surface area contributed by atoms with Crippen LogP contribution >= 0.6 is 0 Å². The van der Waals surface area contributed by atoms with Crippen LogP contribution < -0.4 is 0 Å². The predicted octanol–water partition coefficient (Wildman–Crippen LogP) is 2.74. The van der Waals surface area contributed by atoms with Crippen molar-refractivity contribution in [2.75, 3.05) is 65.5 Å². The van der Waals surface area contributed by atoms with Crippen molar-refractivity contribution in [1.82, 2.24) is 19.6 Å². The molecule has 3 saturated heterocycles. The molecule has 0 aliphatic carbocycles. The summed E-state index contributed by atoms with van der Waals surface area (Å²) < 4.78 is 6.35. The largest absolute Gasteiger partial charge is 0.375 e. The van der Waals surface area contributed by atoms with Crippen LogP contribution in [0.5, 0.6) is 0 Å². The van der Waals surface area contributed by atoms with E-state index in [1.165, 1.54) is 32.7 Å². The minimum atomic E-state index is -0.00196. The number of amides is 2. The topological polar surface area (TPSA) is 39.3 Å². The second-order valence-corrected chi connectivity index (χ2v) is 9.35. The maximum absolute atomic E-state index is 12.6. The lowest BCUT2D eigenvalue weighted by atomic mass is 9.81. The molecule has 0 aromatic heterocycles. The molecule has 6 nitrogen and oxygen atoms in total. The van der Waals surface area contributed by atoms with Crippen molar-refractivity contribution < 1.29 is 9.53 Å². The van der Waals surface area contributed by atoms with Crippen LogP contribution in [0, 0.1) is 5.92 Å². The quantitative estimate of drug-likeness (QED) is 0.719. The van der Waals surface area contributed by atoms with Gasteiger partial charge in [0.2, 0.25) is 0 Å². The monoisotopic (exact) mass is 394 g/mol. The first-order valence-electron chi connectivity index (χ1n) is 11.6. The molecule has 28 heavy (non-hydrogen) atoms. The van der Waals surface area contributed by atoms with Gasteiger partial charge in [-0.15, -0.1) is 0 Å². The highest BCUT2D eigenvalue weighted by atomic mass is 16.5. The smallest absolute Gasteiger partial charge is 0.319 e. The van der Waals surface area contributed by atoms with Crippen molar-refractivity contribution in [3.05, 3.63) is 0 Å². The molecule has 0 aromatic carbocycles. The molecule has 0 bridgehead atoms. The first-order valence-corrected chi connectivity index (χ1v) is 11.6. The van der Waals surface area contributed by atoms with E-state index >= 15 is 0 Å². The Morgan fingerprint density at radius 1 is 1.07 bits per heavy atom. The molecule has 3 rings (SSSR count). The summed E-state index contributed by atoms with van der Waals surface area (Å²) in [7, 11) is 0. The molecule has 2 amide bonds. The van der Waals surface area contributed by atoms with Gasteiger partial charge in [0.15, 0.2) is 0 Å². The average Bonchev–Trinajstić information content (AvgIpc) is 2.69. The van der Waals surface area contributed by atoms with Crippen molar-refractivity contribution in [3.63, 3.8) is 0 Å². The van der Waals surface area contributed by atoms with E-state index in [-0.39, 0.29) is 11.6 Å². The van der Waals surface area contributed by atoms with Crippen molar-refractivity contribution in [1.29, 1.82) is 0 Å². The highest BCUT2D eigenvalue weighted by Crippen LogP contribution is 2.37. The van der Waals surface area contributed by atoms with Crippen LogP contribution in [-0.4, -0.2) is 103 Å². The van der Waals surface area contributed by atoms with Gasteiger partial charge in [0.25, 0.3) is 0 Å². The number of piperidine rings is 1. The van der Waals surface area contributed by atoms with E-state index in [0.29, 0.717) is 6.04 Å². The summed E-state index contributed by atoms with van der Waals surface area (Å²) in [4.78, 5) is 22.0. The van der Waals surface area contributed by atoms with Crippen LogP contribution in [0.15, 0.2) is 0 Å². The third-order valence-electron chi connectivity index (χ3n) is 6.99. The Balaban J connectivity index is 1.50. The van der Waals surface area contributed by atoms with Gasteiger partial charge in [0, 0.05) is 71.6 Å². The second kappa shape index (κ2) is 9.77. The third-order valence-corrected chi connectivity index (χ3v) is 6.99. The standard InChI is InChI=1S/C22H42N4O2/c1-5-24(6-2)21(27)26-10-8-22(9-11-26)17-20(7-16-28-22)25-14-12-23(13-15-25)18-19(3)4/h19-20H,5-18H2,1-4H3. The molecule has 3 aliphatic heterocycles. The average molecular weight is 395 g/mol. The van der Waals surface area contributed by atoms with Gasteiger partial charge in [-0.1, -0.05) is 13.8 Å². The summed E-state index contributed by atoms with van der Waals surface area (Å²) in [6.07, 6.45) is 4.28. The van der Waals surface area contributed by atoms with Crippen LogP contribution in [-0.2, 0) is 4.74 Å². The number of urea groups is 1. The Morgan fingerprint density at radius 3 is 2.29 bits per heavy atom. The Morgan fingerprint density at radius 2 is 1.71 bits per heavy atom. The molecule has 0 N–H and O–H groups in total. The number of likely N-dealkylation sites (tertiary alicyclic amines) is 1. The normalized spacial score (nSPS) is 26.8. The second-order valence-electron chi connectivity index (χ2n) is 9.35. The fourth-order valence-electron chi connectivity index (χ4n) is 5.29. The summed E-state index contributed by atoms with van der Waals surface area (Å²) in [6.45, 7) is 18.9. The summed E-state index contributed by atoms with van der Waals surface area (Å²) in [5.74, 6) is 0.752. The first-order chi connectivity index (χ1) is 13.5. The zero-order chi connectivity index (χ0) is 20.1. The van der Waals surface area contributed by atoms with Crippen molar-refractivity contribution in [2.24, 2.45) is 5.92 Å². The van der Waals surface area contributed by atoms with Crippen molar-refractivity contribution >= 4 is 6.03 Å². The van der Waals surface area contributed by atoms with E-state index in [2.05, 4.69) is 37.5 Å². The van der Waals surface area contributed by atoms with Gasteiger partial charge in [0.05, 0.1) is 5.60 Å². The Labute approximate surface area is 172 Å². The SMILES string of the molecule is CCN(CC)C(=O)N1CCC2(CC1)CC(N1CCN(CC(C)C)CC1)CCO2. The van der Waals surface area contributed by atoms with Gasteiger partial charge in [-0.3, -0.25) is 4.90 Å². The fraction of sp³-hybridized carbons (Fsp3) is 0.955. The van der Waals surface area contributed by atoms with E-state index < -0.39 is 0 Å². The van der Waals surface area contributed by atoms with Gasteiger partial charge in [-0.2, -0.15) is 0 Å². The molecule has 3 heterocycles. The maximum atomic E-state index is 12.6. The van der Waals surface area contributed by atoms with E-state index in [0.717, 1.165) is 64.4 Å². The molecule has 0 radical (unpaired) electrons. The van der Waals surface area contributed by atoms with E-state index in [1.54, 1.807) is 0 Å². The molecule has 0 saturated carbocycles. The summed E-state index contributed by atoms with van der Waals surface area (Å²) in [6, 6.07) is 0.855. The minimum Gasteiger partial charge on any atom is -0.375 e. The molecular formula is C22H42N4O2. The number of carbonyl (C=O) groups is 1. The van der Waals surface area contributed by atoms with Gasteiger partial charge in [-0.25, -0.2) is 4.79 Å². The van der Waals surface area contributed by atoms with Gasteiger partial charge >= 0.3 is 6.03 Å². The molecule has 0 aromatic rings. The predicted molar refractivity (Wildman–Crippen MR) is 114 cm³/mol. The number of hydrogen-bond donors (Lipinski definition) is 0. The lowest BCUT2D eigenvalue weighted by molar-refractivity contribution is -0.132. The number of hydrogen-bond acceptors (Lipinski definition) is 4. The van der Waals surface area contributed by atoms with Crippen molar-refractivity contribution in [2.45, 2.75) is 65.0 Å². The van der Waals surface area contributed by atoms with Crippen LogP contribution in [0.4, 0.5) is 4.79 Å². The minimum absolute atomic E-state index is 0.00196. The molecule has 3 fully saturated rings. The Bertz CT molecular complexity index is 493. The van der Waals surface area contributed by atoms with Crippen LogP contribution in [0.25, 0.3) is 0 Å². The zero-order valence-electron chi connectivity index (χ0n) is 18.7. The molecule has 1 unspecified atom stereocenters. The summed E-state index contributed by atoms with van der Waals surface area (Å²) in [5, 5.41) is 0. The molecular weight excluding hydrogens is 352 g/mol. The number of carbonyl (C=O) groups excluding carboxylic acids is 1. The molecule has 162 valence electrons. The van der Waals surface area contributed by atoms with Crippen LogP contribution in [0.3, 0.4) is 0 Å². The summed E-state index contributed by atoms with van der Waals surface area (Å²) in [5.41, 5.74) is -0.00196. The van der Waals surface area contributed by atoms with Crippen LogP contribution in [0.2, 0.25) is 0 Å².